The third-order valence-electron chi connectivity index (χ3n) is 6.16. The van der Waals surface area contributed by atoms with Crippen molar-refractivity contribution in [3.8, 4) is 0 Å². The molecule has 0 amide bonds. The molecule has 0 aromatic carbocycles. The Bertz CT molecular complexity index is 493. The van der Waals surface area contributed by atoms with Gasteiger partial charge in [-0.3, -0.25) is 0 Å². The SMILES string of the molecule is C[C@H]1C(OCC(=O)O)O[C@@H]2O[C@](C)(O)CCC3[C@H](C)CCC1[C@]32O. The summed E-state index contributed by atoms with van der Waals surface area (Å²) in [4.78, 5) is 10.8. The lowest BCUT2D eigenvalue weighted by Gasteiger charge is -2.57. The maximum absolute atomic E-state index is 11.6. The number of carbonyl (C=O) groups is 1. The predicted molar refractivity (Wildman–Crippen MR) is 82.7 cm³/mol. The number of carboxylic acid groups (broad SMARTS) is 1. The second-order valence-electron chi connectivity index (χ2n) is 7.89. The minimum absolute atomic E-state index is 0.0295. The van der Waals surface area contributed by atoms with Gasteiger partial charge in [-0.2, -0.15) is 0 Å². The van der Waals surface area contributed by atoms with Crippen molar-refractivity contribution in [1.82, 2.24) is 0 Å². The van der Waals surface area contributed by atoms with Gasteiger partial charge in [0.05, 0.1) is 0 Å². The van der Waals surface area contributed by atoms with Crippen LogP contribution in [-0.2, 0) is 19.0 Å². The molecule has 0 aromatic rings. The summed E-state index contributed by atoms with van der Waals surface area (Å²) < 4.78 is 17.0. The molecule has 7 nitrogen and oxygen atoms in total. The largest absolute Gasteiger partial charge is 0.480 e. The number of aliphatic hydroxyl groups is 2. The fraction of sp³-hybridized carbons (Fsp3) is 0.941. The zero-order valence-corrected chi connectivity index (χ0v) is 14.5. The van der Waals surface area contributed by atoms with E-state index >= 15 is 0 Å². The highest BCUT2D eigenvalue weighted by Crippen LogP contribution is 2.55. The summed E-state index contributed by atoms with van der Waals surface area (Å²) in [6.07, 6.45) is 1.05. The van der Waals surface area contributed by atoms with Crippen LogP contribution < -0.4 is 0 Å². The van der Waals surface area contributed by atoms with E-state index in [1.807, 2.05) is 6.92 Å². The average molecular weight is 344 g/mol. The van der Waals surface area contributed by atoms with Gasteiger partial charge in [0, 0.05) is 18.3 Å². The lowest BCUT2D eigenvalue weighted by Crippen LogP contribution is -2.67. The van der Waals surface area contributed by atoms with Crippen LogP contribution in [0, 0.1) is 23.7 Å². The van der Waals surface area contributed by atoms with Crippen molar-refractivity contribution in [2.24, 2.45) is 23.7 Å². The van der Waals surface area contributed by atoms with Gasteiger partial charge in [-0.15, -0.1) is 0 Å². The second-order valence-corrected chi connectivity index (χ2v) is 7.89. The molecule has 2 aliphatic heterocycles. The average Bonchev–Trinajstić information content (AvgIpc) is 2.57. The Kier molecular flexibility index (Phi) is 4.68. The van der Waals surface area contributed by atoms with Crippen LogP contribution in [0.1, 0.15) is 46.5 Å². The van der Waals surface area contributed by atoms with E-state index in [0.29, 0.717) is 18.8 Å². The first-order valence-electron chi connectivity index (χ1n) is 8.76. The van der Waals surface area contributed by atoms with Crippen LogP contribution in [0.4, 0.5) is 0 Å². The van der Waals surface area contributed by atoms with Gasteiger partial charge in [-0.25, -0.2) is 4.79 Å². The Morgan fingerprint density at radius 2 is 1.92 bits per heavy atom. The normalized spacial score (nSPS) is 51.5. The fourth-order valence-electron chi connectivity index (χ4n) is 4.88. The number of hydrogen-bond donors (Lipinski definition) is 3. The van der Waals surface area contributed by atoms with E-state index in [-0.39, 0.29) is 17.8 Å². The molecule has 0 spiro atoms. The van der Waals surface area contributed by atoms with Gasteiger partial charge in [0.1, 0.15) is 12.2 Å². The molecule has 0 bridgehead atoms. The number of rotatable bonds is 3. The Morgan fingerprint density at radius 3 is 2.58 bits per heavy atom. The number of carboxylic acids is 1. The second kappa shape index (κ2) is 6.21. The van der Waals surface area contributed by atoms with E-state index in [0.717, 1.165) is 12.8 Å². The first-order chi connectivity index (χ1) is 11.1. The minimum Gasteiger partial charge on any atom is -0.480 e. The zero-order chi connectivity index (χ0) is 17.7. The number of hydrogen-bond acceptors (Lipinski definition) is 6. The molecule has 3 unspecified atom stereocenters. The van der Waals surface area contributed by atoms with E-state index in [9.17, 15) is 15.0 Å². The fourth-order valence-corrected chi connectivity index (χ4v) is 4.88. The third-order valence-corrected chi connectivity index (χ3v) is 6.16. The molecule has 138 valence electrons. The van der Waals surface area contributed by atoms with Crippen molar-refractivity contribution >= 4 is 5.97 Å². The van der Waals surface area contributed by atoms with E-state index in [1.54, 1.807) is 6.92 Å². The molecular weight excluding hydrogens is 316 g/mol. The quantitative estimate of drug-likeness (QED) is 0.709. The van der Waals surface area contributed by atoms with Crippen molar-refractivity contribution in [2.45, 2.75) is 70.4 Å². The van der Waals surface area contributed by atoms with E-state index < -0.39 is 36.5 Å². The molecule has 3 aliphatic rings. The van der Waals surface area contributed by atoms with Gasteiger partial charge in [0.15, 0.2) is 18.4 Å². The molecule has 0 aromatic heterocycles. The Labute approximate surface area is 141 Å². The van der Waals surface area contributed by atoms with E-state index in [4.69, 9.17) is 19.3 Å². The number of ether oxygens (including phenoxy) is 3. The predicted octanol–water partition coefficient (Wildman–Crippen LogP) is 1.32. The smallest absolute Gasteiger partial charge is 0.329 e. The Hall–Kier alpha value is -0.730. The summed E-state index contributed by atoms with van der Waals surface area (Å²) >= 11 is 0. The van der Waals surface area contributed by atoms with E-state index in [2.05, 4.69) is 6.92 Å². The first kappa shape index (κ1) is 18.1. The standard InChI is InChI=1S/C17H28O7/c1-9-4-5-12-10(2)14(22-8-13(18)19)23-15-17(12,21)11(9)6-7-16(3,20)24-15/h9-12,14-15,20-21H,4-8H2,1-3H3,(H,18,19)/t9-,10-,11?,12?,14?,15-,16+,17-/m1/s1. The highest BCUT2D eigenvalue weighted by molar-refractivity contribution is 5.68. The summed E-state index contributed by atoms with van der Waals surface area (Å²) in [7, 11) is 0. The third kappa shape index (κ3) is 2.97. The van der Waals surface area contributed by atoms with Crippen molar-refractivity contribution in [3.05, 3.63) is 0 Å². The van der Waals surface area contributed by atoms with Crippen molar-refractivity contribution < 1.29 is 34.3 Å². The van der Waals surface area contributed by atoms with Crippen LogP contribution in [0.25, 0.3) is 0 Å². The molecule has 8 atom stereocenters. The Balaban J connectivity index is 1.92. The molecule has 7 heteroatoms. The van der Waals surface area contributed by atoms with Crippen LogP contribution in [0.3, 0.4) is 0 Å². The van der Waals surface area contributed by atoms with Crippen LogP contribution in [-0.4, -0.2) is 51.9 Å². The minimum atomic E-state index is -1.39. The first-order valence-corrected chi connectivity index (χ1v) is 8.76. The van der Waals surface area contributed by atoms with Gasteiger partial charge >= 0.3 is 5.97 Å². The van der Waals surface area contributed by atoms with Gasteiger partial charge in [0.2, 0.25) is 0 Å². The van der Waals surface area contributed by atoms with Crippen molar-refractivity contribution in [2.75, 3.05) is 6.61 Å². The summed E-state index contributed by atoms with van der Waals surface area (Å²) in [5, 5.41) is 30.9. The Morgan fingerprint density at radius 1 is 1.21 bits per heavy atom. The highest BCUT2D eigenvalue weighted by atomic mass is 16.8. The van der Waals surface area contributed by atoms with Gasteiger partial charge < -0.3 is 29.5 Å². The van der Waals surface area contributed by atoms with Gasteiger partial charge in [-0.1, -0.05) is 13.8 Å². The molecular formula is C17H28O7. The van der Waals surface area contributed by atoms with Gasteiger partial charge in [-0.05, 0) is 38.0 Å². The van der Waals surface area contributed by atoms with Gasteiger partial charge in [0.25, 0.3) is 0 Å². The molecule has 1 aliphatic carbocycles. The summed E-state index contributed by atoms with van der Waals surface area (Å²) in [5.41, 5.74) is -1.19. The molecule has 24 heavy (non-hydrogen) atoms. The highest BCUT2D eigenvalue weighted by Gasteiger charge is 2.63. The zero-order valence-electron chi connectivity index (χ0n) is 14.5. The molecule has 0 radical (unpaired) electrons. The molecule has 2 saturated heterocycles. The molecule has 1 saturated carbocycles. The maximum Gasteiger partial charge on any atom is 0.329 e. The van der Waals surface area contributed by atoms with E-state index in [1.165, 1.54) is 0 Å². The molecule has 3 N–H and O–H groups in total. The monoisotopic (exact) mass is 344 g/mol. The van der Waals surface area contributed by atoms with Crippen LogP contribution in [0.5, 0.6) is 0 Å². The maximum atomic E-state index is 11.6. The lowest BCUT2D eigenvalue weighted by atomic mass is 9.58. The summed E-state index contributed by atoms with van der Waals surface area (Å²) in [6, 6.07) is 0. The lowest BCUT2D eigenvalue weighted by molar-refractivity contribution is -0.407. The number of aliphatic carboxylic acids is 1. The van der Waals surface area contributed by atoms with Crippen molar-refractivity contribution in [1.29, 1.82) is 0 Å². The molecule has 3 fully saturated rings. The van der Waals surface area contributed by atoms with Crippen LogP contribution >= 0.6 is 0 Å². The van der Waals surface area contributed by atoms with Crippen LogP contribution in [0.15, 0.2) is 0 Å². The summed E-state index contributed by atoms with van der Waals surface area (Å²) in [5.74, 6) is -2.47. The topological polar surface area (TPSA) is 105 Å². The molecule has 2 heterocycles. The molecule has 3 rings (SSSR count). The summed E-state index contributed by atoms with van der Waals surface area (Å²) in [6.45, 7) is 5.14. The van der Waals surface area contributed by atoms with Crippen molar-refractivity contribution in [3.63, 3.8) is 0 Å². The van der Waals surface area contributed by atoms with Crippen LogP contribution in [0.2, 0.25) is 0 Å².